The van der Waals surface area contributed by atoms with Crippen LogP contribution in [0, 0.1) is 0 Å². The Bertz CT molecular complexity index is 1750. The molecule has 7 rings (SSSR count). The maximum Gasteiger partial charge on any atom is 0.186 e. The first-order valence-electron chi connectivity index (χ1n) is 19.0. The largest absolute Gasteiger partial charge is 0.385 e. The fraction of sp³-hybridized carbons (Fsp3) is 0.422. The Morgan fingerprint density at radius 2 is 1.33 bits per heavy atom. The molecule has 7 atom stereocenters. The van der Waals surface area contributed by atoms with E-state index in [4.69, 9.17) is 37.9 Å². The molecule has 2 aliphatic heterocycles. The van der Waals surface area contributed by atoms with Crippen LogP contribution in [0.25, 0.3) is 6.08 Å². The highest BCUT2D eigenvalue weighted by atomic mass is 16.8. The third kappa shape index (κ3) is 10.5. The van der Waals surface area contributed by atoms with Crippen LogP contribution in [0.4, 0.5) is 0 Å². The fourth-order valence-electron chi connectivity index (χ4n) is 7.08. The Balaban J connectivity index is 1.14. The molecule has 2 heterocycles. The maximum absolute atomic E-state index is 11.3. The monoisotopic (exact) mass is 736 g/mol. The molecular formula is C45H52O9. The molecule has 0 radical (unpaired) electrons. The van der Waals surface area contributed by atoms with Crippen LogP contribution < -0.4 is 0 Å². The summed E-state index contributed by atoms with van der Waals surface area (Å²) in [7, 11) is 0. The summed E-state index contributed by atoms with van der Waals surface area (Å²) in [5.41, 5.74) is 6.74. The first-order chi connectivity index (χ1) is 26.4. The zero-order valence-corrected chi connectivity index (χ0v) is 31.2. The zero-order chi connectivity index (χ0) is 37.2. The van der Waals surface area contributed by atoms with Crippen molar-refractivity contribution in [2.75, 3.05) is 19.8 Å². The van der Waals surface area contributed by atoms with E-state index in [0.717, 1.165) is 35.1 Å². The van der Waals surface area contributed by atoms with Gasteiger partial charge in [0.15, 0.2) is 12.1 Å². The van der Waals surface area contributed by atoms with Crippen LogP contribution in [0.2, 0.25) is 0 Å². The number of benzene rings is 4. The molecule has 1 aliphatic carbocycles. The van der Waals surface area contributed by atoms with Gasteiger partial charge in [-0.2, -0.15) is 0 Å². The summed E-state index contributed by atoms with van der Waals surface area (Å²) in [6.45, 7) is 5.61. The Morgan fingerprint density at radius 1 is 0.722 bits per heavy atom. The number of aryl methyl sites for hydroxylation is 1. The van der Waals surface area contributed by atoms with Crippen molar-refractivity contribution in [2.24, 2.45) is 0 Å². The van der Waals surface area contributed by atoms with E-state index in [1.54, 1.807) is 0 Å². The molecule has 1 N–H and O–H groups in total. The van der Waals surface area contributed by atoms with Gasteiger partial charge < -0.3 is 43.0 Å². The number of hydrogen-bond acceptors (Lipinski definition) is 9. The van der Waals surface area contributed by atoms with E-state index in [1.165, 1.54) is 11.1 Å². The molecule has 0 aromatic heterocycles. The molecule has 0 amide bonds. The number of aliphatic hydroxyl groups is 1. The highest BCUT2D eigenvalue weighted by Gasteiger charge is 2.51. The van der Waals surface area contributed by atoms with Gasteiger partial charge in [-0.05, 0) is 60.1 Å². The van der Waals surface area contributed by atoms with Crippen LogP contribution in [-0.2, 0) is 70.7 Å². The second-order valence-electron chi connectivity index (χ2n) is 14.6. The Morgan fingerprint density at radius 3 is 1.98 bits per heavy atom. The lowest BCUT2D eigenvalue weighted by Gasteiger charge is -2.37. The third-order valence-corrected chi connectivity index (χ3v) is 10.00. The Hall–Kier alpha value is -3.74. The van der Waals surface area contributed by atoms with E-state index in [0.29, 0.717) is 33.0 Å². The lowest BCUT2D eigenvalue weighted by molar-refractivity contribution is -0.300. The highest BCUT2D eigenvalue weighted by molar-refractivity contribution is 5.56. The summed E-state index contributed by atoms with van der Waals surface area (Å²) in [6.07, 6.45) is 1.61. The molecule has 9 heteroatoms. The molecule has 0 spiro atoms. The summed E-state index contributed by atoms with van der Waals surface area (Å²) in [5, 5.41) is 11.3. The van der Waals surface area contributed by atoms with Crippen molar-refractivity contribution in [3.05, 3.63) is 149 Å². The van der Waals surface area contributed by atoms with E-state index in [9.17, 15) is 5.11 Å². The normalized spacial score (nSPS) is 23.3. The number of ether oxygens (including phenoxy) is 8. The molecule has 3 aliphatic rings. The van der Waals surface area contributed by atoms with Gasteiger partial charge in [0.2, 0.25) is 0 Å². The lowest BCUT2D eigenvalue weighted by Crippen LogP contribution is -2.50. The molecular weight excluding hydrogens is 684 g/mol. The van der Waals surface area contributed by atoms with Gasteiger partial charge in [-0.25, -0.2) is 0 Å². The number of rotatable bonds is 18. The molecule has 4 aromatic rings. The van der Waals surface area contributed by atoms with Crippen molar-refractivity contribution in [3.8, 4) is 0 Å². The smallest absolute Gasteiger partial charge is 0.186 e. The maximum atomic E-state index is 11.3. The Kier molecular flexibility index (Phi) is 13.4. The molecule has 0 bridgehead atoms. The fourth-order valence-corrected chi connectivity index (χ4v) is 7.08. The van der Waals surface area contributed by atoms with E-state index < -0.39 is 48.7 Å². The van der Waals surface area contributed by atoms with Gasteiger partial charge in [-0.1, -0.05) is 121 Å². The van der Waals surface area contributed by atoms with Crippen molar-refractivity contribution in [1.82, 2.24) is 0 Å². The van der Waals surface area contributed by atoms with E-state index in [-0.39, 0.29) is 13.2 Å². The molecule has 7 unspecified atom stereocenters. The molecule has 286 valence electrons. The topological polar surface area (TPSA) is 94.1 Å². The van der Waals surface area contributed by atoms with Crippen molar-refractivity contribution in [1.29, 1.82) is 0 Å². The SMILES string of the molecule is CC1(C)OCC2OC(OCC(OCc3ccccc3)C(OCc3ccccc3)C(COCc3ccc4c(c3)CCC=C4)OCc3ccccc3)C(O)C2O1. The summed E-state index contributed by atoms with van der Waals surface area (Å²) in [6, 6.07) is 36.6. The summed E-state index contributed by atoms with van der Waals surface area (Å²) in [4.78, 5) is 0. The molecule has 0 saturated carbocycles. The minimum absolute atomic E-state index is 0.0429. The Labute approximate surface area is 318 Å². The van der Waals surface area contributed by atoms with Crippen LogP contribution in [0.3, 0.4) is 0 Å². The van der Waals surface area contributed by atoms with Gasteiger partial charge in [0.05, 0.1) is 46.2 Å². The second-order valence-corrected chi connectivity index (χ2v) is 14.6. The minimum atomic E-state index is -1.02. The van der Waals surface area contributed by atoms with Crippen molar-refractivity contribution in [3.63, 3.8) is 0 Å². The van der Waals surface area contributed by atoms with Crippen LogP contribution in [-0.4, -0.2) is 73.6 Å². The van der Waals surface area contributed by atoms with Crippen molar-refractivity contribution >= 4 is 6.08 Å². The van der Waals surface area contributed by atoms with Crippen LogP contribution in [0.5, 0.6) is 0 Å². The second kappa shape index (κ2) is 18.7. The molecule has 54 heavy (non-hydrogen) atoms. The van der Waals surface area contributed by atoms with E-state index in [1.807, 2.05) is 105 Å². The van der Waals surface area contributed by atoms with Gasteiger partial charge >= 0.3 is 0 Å². The average molecular weight is 737 g/mol. The third-order valence-electron chi connectivity index (χ3n) is 10.00. The molecule has 9 nitrogen and oxygen atoms in total. The first-order valence-corrected chi connectivity index (χ1v) is 19.0. The minimum Gasteiger partial charge on any atom is -0.385 e. The van der Waals surface area contributed by atoms with Gasteiger partial charge in [0.25, 0.3) is 0 Å². The van der Waals surface area contributed by atoms with Gasteiger partial charge in [-0.15, -0.1) is 0 Å². The van der Waals surface area contributed by atoms with Crippen molar-refractivity contribution < 1.29 is 43.0 Å². The predicted octanol–water partition coefficient (Wildman–Crippen LogP) is 7.17. The van der Waals surface area contributed by atoms with E-state index >= 15 is 0 Å². The lowest BCUT2D eigenvalue weighted by atomic mass is 9.96. The quantitative estimate of drug-likeness (QED) is 0.114. The highest BCUT2D eigenvalue weighted by Crippen LogP contribution is 2.34. The number of aliphatic hydroxyl groups excluding tert-OH is 1. The predicted molar refractivity (Wildman–Crippen MR) is 204 cm³/mol. The summed E-state index contributed by atoms with van der Waals surface area (Å²) in [5.74, 6) is -0.836. The first kappa shape index (κ1) is 38.5. The number of allylic oxidation sites excluding steroid dienone is 1. The van der Waals surface area contributed by atoms with Crippen LogP contribution in [0.1, 0.15) is 53.6 Å². The van der Waals surface area contributed by atoms with Crippen LogP contribution in [0.15, 0.2) is 115 Å². The summed E-state index contributed by atoms with van der Waals surface area (Å²) < 4.78 is 51.1. The van der Waals surface area contributed by atoms with Crippen LogP contribution >= 0.6 is 0 Å². The van der Waals surface area contributed by atoms with Gasteiger partial charge in [0, 0.05) is 0 Å². The number of fused-ring (bicyclic) bond motifs is 2. The van der Waals surface area contributed by atoms with Gasteiger partial charge in [-0.3, -0.25) is 0 Å². The van der Waals surface area contributed by atoms with Crippen molar-refractivity contribution in [2.45, 2.75) is 102 Å². The number of hydrogen-bond donors (Lipinski definition) is 1. The standard InChI is InChI=1S/C45H52O9/c1-45(2)52-31-40-43(54-45)41(46)44(53-40)51-30-39(49-27-33-16-8-4-9-17-33)42(50-28-34-18-10-5-11-19-34)38(48-26-32-14-6-3-7-15-32)29-47-25-35-22-23-36-20-12-13-21-37(36)24-35/h3-12,14-20,22-24,38-44,46H,13,21,25-31H2,1-2H3. The van der Waals surface area contributed by atoms with E-state index in [2.05, 4.69) is 30.4 Å². The average Bonchev–Trinajstić information content (AvgIpc) is 3.51. The molecule has 2 fully saturated rings. The molecule has 2 saturated heterocycles. The molecule has 4 aromatic carbocycles. The summed E-state index contributed by atoms with van der Waals surface area (Å²) >= 11 is 0. The van der Waals surface area contributed by atoms with Gasteiger partial charge in [0.1, 0.15) is 36.6 Å². The zero-order valence-electron chi connectivity index (χ0n) is 31.2.